The molecule has 4 rings (SSSR count). The smallest absolute Gasteiger partial charge is 0.335 e. The van der Waals surface area contributed by atoms with Crippen molar-refractivity contribution in [1.29, 1.82) is 0 Å². The Labute approximate surface area is 207 Å². The summed E-state index contributed by atoms with van der Waals surface area (Å²) in [6.45, 7) is 5.17. The summed E-state index contributed by atoms with van der Waals surface area (Å²) >= 11 is 0. The van der Waals surface area contributed by atoms with Crippen LogP contribution in [0.25, 0.3) is 10.9 Å². The number of carboxylic acids is 2. The van der Waals surface area contributed by atoms with Crippen molar-refractivity contribution in [2.45, 2.75) is 32.8 Å². The molecule has 0 spiro atoms. The lowest BCUT2D eigenvalue weighted by Crippen LogP contribution is -2.38. The number of ether oxygens (including phenoxy) is 1. The molecule has 2 atom stereocenters. The van der Waals surface area contributed by atoms with Crippen LogP contribution in [0.2, 0.25) is 0 Å². The van der Waals surface area contributed by atoms with Gasteiger partial charge in [0.1, 0.15) is 0 Å². The standard InChI is InChI=1S/C24H25N3O5.C2H4O2/c1-24(2)13-27(15-9-7-14(8-10-15)22(29)30)21(28)20(24)32-23(31)17(11-25)18-12-26-19-6-4-3-5-16(18)19;1-2(3)4/h3-10,12,17,20,26H,11,13,25H2,1-2H3,(H,29,30);1H3,(H,3,4)/t17-,20+;/m1./s1. The maximum Gasteiger partial charge on any atom is 0.335 e. The molecule has 0 unspecified atom stereocenters. The zero-order valence-corrected chi connectivity index (χ0v) is 20.2. The fourth-order valence-corrected chi connectivity index (χ4v) is 4.19. The molecular weight excluding hydrogens is 466 g/mol. The highest BCUT2D eigenvalue weighted by Gasteiger charge is 2.50. The van der Waals surface area contributed by atoms with E-state index in [2.05, 4.69) is 4.98 Å². The van der Waals surface area contributed by atoms with Crippen LogP contribution in [0, 0.1) is 5.41 Å². The number of aromatic amines is 1. The van der Waals surface area contributed by atoms with Crippen LogP contribution in [0.4, 0.5) is 5.69 Å². The number of carbonyl (C=O) groups is 4. The fraction of sp³-hybridized carbons (Fsp3) is 0.308. The quantitative estimate of drug-likeness (QED) is 0.379. The number of rotatable bonds is 6. The molecule has 10 heteroatoms. The second kappa shape index (κ2) is 10.6. The third kappa shape index (κ3) is 5.55. The van der Waals surface area contributed by atoms with Gasteiger partial charge in [0, 0.05) is 48.2 Å². The monoisotopic (exact) mass is 495 g/mol. The molecule has 2 aromatic carbocycles. The van der Waals surface area contributed by atoms with Crippen molar-refractivity contribution in [1.82, 2.24) is 4.98 Å². The Morgan fingerprint density at radius 3 is 2.33 bits per heavy atom. The number of para-hydroxylation sites is 1. The minimum atomic E-state index is -1.04. The van der Waals surface area contributed by atoms with Crippen molar-refractivity contribution in [3.8, 4) is 0 Å². The molecular formula is C26H29N3O7. The number of fused-ring (bicyclic) bond motifs is 1. The highest BCUT2D eigenvalue weighted by Crippen LogP contribution is 2.37. The molecule has 190 valence electrons. The summed E-state index contributed by atoms with van der Waals surface area (Å²) in [7, 11) is 0. The molecule has 2 heterocycles. The van der Waals surface area contributed by atoms with E-state index in [0.29, 0.717) is 12.2 Å². The maximum atomic E-state index is 13.2. The number of nitrogens with one attached hydrogen (secondary N) is 1. The largest absolute Gasteiger partial charge is 0.481 e. The number of nitrogens with two attached hydrogens (primary N) is 1. The Morgan fingerprint density at radius 1 is 1.14 bits per heavy atom. The average Bonchev–Trinajstić information content (AvgIpc) is 3.33. The van der Waals surface area contributed by atoms with Gasteiger partial charge in [-0.2, -0.15) is 0 Å². The maximum absolute atomic E-state index is 13.2. The van der Waals surface area contributed by atoms with Gasteiger partial charge in [0.15, 0.2) is 6.10 Å². The summed E-state index contributed by atoms with van der Waals surface area (Å²) < 4.78 is 5.76. The molecule has 5 N–H and O–H groups in total. The number of esters is 1. The first-order chi connectivity index (χ1) is 17.0. The van der Waals surface area contributed by atoms with Crippen LogP contribution in [0.3, 0.4) is 0 Å². The van der Waals surface area contributed by atoms with E-state index in [9.17, 15) is 14.4 Å². The number of aromatic nitrogens is 1. The van der Waals surface area contributed by atoms with Crippen LogP contribution in [0.15, 0.2) is 54.7 Å². The molecule has 36 heavy (non-hydrogen) atoms. The summed E-state index contributed by atoms with van der Waals surface area (Å²) in [5, 5.41) is 17.4. The molecule has 1 aromatic heterocycles. The van der Waals surface area contributed by atoms with Crippen molar-refractivity contribution in [3.05, 3.63) is 65.9 Å². The van der Waals surface area contributed by atoms with E-state index in [4.69, 9.17) is 25.5 Å². The van der Waals surface area contributed by atoms with Crippen molar-refractivity contribution in [2.75, 3.05) is 18.0 Å². The minimum absolute atomic E-state index is 0.0440. The molecule has 1 amide bonds. The SMILES string of the molecule is CC(=O)O.CC1(C)CN(c2ccc(C(=O)O)cc2)C(=O)[C@@H]1OC(=O)[C@H](CN)c1c[nH]c2ccccc12. The lowest BCUT2D eigenvalue weighted by molar-refractivity contribution is -0.159. The zero-order chi connectivity index (χ0) is 26.6. The topological polar surface area (TPSA) is 163 Å². The molecule has 1 saturated heterocycles. The summed E-state index contributed by atoms with van der Waals surface area (Å²) in [6.07, 6.45) is 0.773. The molecule has 1 aliphatic rings. The lowest BCUT2D eigenvalue weighted by atomic mass is 9.89. The third-order valence-electron chi connectivity index (χ3n) is 5.94. The van der Waals surface area contributed by atoms with Gasteiger partial charge in [0.05, 0.1) is 11.5 Å². The van der Waals surface area contributed by atoms with Gasteiger partial charge < -0.3 is 30.6 Å². The molecule has 1 aliphatic heterocycles. The number of carbonyl (C=O) groups excluding carboxylic acids is 2. The Hall–Kier alpha value is -4.18. The van der Waals surface area contributed by atoms with E-state index in [-0.39, 0.29) is 18.0 Å². The predicted octanol–water partition coefficient (Wildman–Crippen LogP) is 2.98. The average molecular weight is 496 g/mol. The number of H-pyrrole nitrogens is 1. The predicted molar refractivity (Wildman–Crippen MR) is 133 cm³/mol. The summed E-state index contributed by atoms with van der Waals surface area (Å²) in [5.74, 6) is -3.48. The fourth-order valence-electron chi connectivity index (χ4n) is 4.19. The van der Waals surface area contributed by atoms with Gasteiger partial charge in [0.2, 0.25) is 0 Å². The first-order valence-corrected chi connectivity index (χ1v) is 11.3. The Bertz CT molecular complexity index is 1280. The van der Waals surface area contributed by atoms with Crippen LogP contribution in [0.1, 0.15) is 42.6 Å². The second-order valence-corrected chi connectivity index (χ2v) is 9.18. The van der Waals surface area contributed by atoms with Gasteiger partial charge >= 0.3 is 11.9 Å². The normalized spacial score (nSPS) is 17.3. The zero-order valence-electron chi connectivity index (χ0n) is 20.2. The first kappa shape index (κ1) is 26.4. The summed E-state index contributed by atoms with van der Waals surface area (Å²) in [6, 6.07) is 13.6. The van der Waals surface area contributed by atoms with Gasteiger partial charge in [-0.1, -0.05) is 32.0 Å². The van der Waals surface area contributed by atoms with Gasteiger partial charge in [0.25, 0.3) is 11.9 Å². The van der Waals surface area contributed by atoms with Gasteiger partial charge in [-0.15, -0.1) is 0 Å². The van der Waals surface area contributed by atoms with Gasteiger partial charge in [-0.05, 0) is 35.9 Å². The number of nitrogens with zero attached hydrogens (tertiary/aromatic N) is 1. The van der Waals surface area contributed by atoms with Crippen molar-refractivity contribution in [3.63, 3.8) is 0 Å². The van der Waals surface area contributed by atoms with Gasteiger partial charge in [-0.25, -0.2) is 4.79 Å². The van der Waals surface area contributed by atoms with Gasteiger partial charge in [-0.3, -0.25) is 14.4 Å². The number of benzene rings is 2. The van der Waals surface area contributed by atoms with Crippen molar-refractivity contribution in [2.24, 2.45) is 11.1 Å². The molecule has 0 bridgehead atoms. The van der Waals surface area contributed by atoms with E-state index in [1.54, 1.807) is 18.3 Å². The number of anilines is 1. The van der Waals surface area contributed by atoms with E-state index < -0.39 is 35.3 Å². The van der Waals surface area contributed by atoms with Crippen LogP contribution in [-0.4, -0.2) is 58.2 Å². The number of hydrogen-bond donors (Lipinski definition) is 4. The van der Waals surface area contributed by atoms with Crippen LogP contribution in [0.5, 0.6) is 0 Å². The highest BCUT2D eigenvalue weighted by molar-refractivity contribution is 6.01. The van der Waals surface area contributed by atoms with E-state index in [1.807, 2.05) is 38.1 Å². The van der Waals surface area contributed by atoms with Crippen LogP contribution < -0.4 is 10.6 Å². The van der Waals surface area contributed by atoms with Crippen molar-refractivity contribution >= 4 is 40.4 Å². The minimum Gasteiger partial charge on any atom is -0.481 e. The third-order valence-corrected chi connectivity index (χ3v) is 5.94. The van der Waals surface area contributed by atoms with E-state index in [1.165, 1.54) is 17.0 Å². The molecule has 3 aromatic rings. The van der Waals surface area contributed by atoms with E-state index in [0.717, 1.165) is 23.4 Å². The second-order valence-electron chi connectivity index (χ2n) is 9.18. The Morgan fingerprint density at radius 2 is 1.75 bits per heavy atom. The molecule has 10 nitrogen and oxygen atoms in total. The number of aromatic carboxylic acids is 1. The lowest BCUT2D eigenvalue weighted by Gasteiger charge is -2.25. The summed E-state index contributed by atoms with van der Waals surface area (Å²) in [4.78, 5) is 51.1. The molecule has 0 radical (unpaired) electrons. The van der Waals surface area contributed by atoms with Crippen molar-refractivity contribution < 1.29 is 34.1 Å². The summed E-state index contributed by atoms with van der Waals surface area (Å²) in [5.41, 5.74) is 7.60. The van der Waals surface area contributed by atoms with E-state index >= 15 is 0 Å². The molecule has 1 fully saturated rings. The first-order valence-electron chi connectivity index (χ1n) is 11.3. The number of carboxylic acid groups (broad SMARTS) is 2. The number of aliphatic carboxylic acids is 1. The highest BCUT2D eigenvalue weighted by atomic mass is 16.6. The number of hydrogen-bond acceptors (Lipinski definition) is 6. The Balaban J connectivity index is 0.000000840. The molecule has 0 aliphatic carbocycles. The molecule has 0 saturated carbocycles. The van der Waals surface area contributed by atoms with Crippen LogP contribution >= 0.6 is 0 Å². The number of amides is 1. The Kier molecular flexibility index (Phi) is 7.79. The van der Waals surface area contributed by atoms with Crippen LogP contribution in [-0.2, 0) is 19.1 Å².